The molecule has 6 nitrogen and oxygen atoms in total. The molecule has 0 spiro atoms. The summed E-state index contributed by atoms with van der Waals surface area (Å²) in [5.41, 5.74) is 1.97. The monoisotopic (exact) mass is 381 g/mol. The molecule has 2 aromatic carbocycles. The lowest BCUT2D eigenvalue weighted by molar-refractivity contribution is -0.120. The van der Waals surface area contributed by atoms with E-state index in [0.29, 0.717) is 24.5 Å². The van der Waals surface area contributed by atoms with Crippen LogP contribution in [0.2, 0.25) is 5.02 Å². The van der Waals surface area contributed by atoms with Gasteiger partial charge in [0.1, 0.15) is 0 Å². The molecule has 2 aromatic rings. The van der Waals surface area contributed by atoms with Crippen molar-refractivity contribution >= 4 is 27.5 Å². The third-order valence-corrected chi connectivity index (χ3v) is 4.70. The molecule has 1 amide bonds. The minimum atomic E-state index is -3.67. The van der Waals surface area contributed by atoms with E-state index in [9.17, 15) is 13.2 Å². The first-order valence-corrected chi connectivity index (χ1v) is 9.60. The average molecular weight is 382 g/mol. The number of nitrogens with one attached hydrogen (secondary N) is 2. The highest BCUT2D eigenvalue weighted by molar-refractivity contribution is 7.89. The predicted molar refractivity (Wildman–Crippen MR) is 97.7 cm³/mol. The Morgan fingerprint density at radius 1 is 1.00 bits per heavy atom. The predicted octanol–water partition coefficient (Wildman–Crippen LogP) is 1.44. The van der Waals surface area contributed by atoms with Crippen LogP contribution in [0, 0.1) is 0 Å². The van der Waals surface area contributed by atoms with Crippen molar-refractivity contribution in [3.63, 3.8) is 0 Å². The van der Waals surface area contributed by atoms with Gasteiger partial charge in [-0.05, 0) is 41.8 Å². The smallest absolute Gasteiger partial charge is 0.238 e. The lowest BCUT2D eigenvalue weighted by Crippen LogP contribution is -2.34. The topological polar surface area (TPSA) is 101 Å². The van der Waals surface area contributed by atoms with Crippen molar-refractivity contribution in [1.82, 2.24) is 10.6 Å². The molecule has 0 radical (unpaired) electrons. The van der Waals surface area contributed by atoms with E-state index in [0.717, 1.165) is 11.1 Å². The van der Waals surface area contributed by atoms with Gasteiger partial charge in [-0.1, -0.05) is 35.9 Å². The molecule has 0 saturated carbocycles. The third-order valence-electron chi connectivity index (χ3n) is 3.52. The first-order chi connectivity index (χ1) is 11.8. The van der Waals surface area contributed by atoms with E-state index in [1.807, 2.05) is 12.1 Å². The molecule has 4 N–H and O–H groups in total. The van der Waals surface area contributed by atoms with Crippen molar-refractivity contribution < 1.29 is 13.2 Å². The zero-order chi connectivity index (χ0) is 18.3. The van der Waals surface area contributed by atoms with Gasteiger partial charge in [0.25, 0.3) is 0 Å². The van der Waals surface area contributed by atoms with Crippen LogP contribution in [0.3, 0.4) is 0 Å². The van der Waals surface area contributed by atoms with Crippen LogP contribution in [0.15, 0.2) is 53.4 Å². The second-order valence-corrected chi connectivity index (χ2v) is 7.52. The number of carbonyl (C=O) groups excluding carboxylic acids is 1. The van der Waals surface area contributed by atoms with Gasteiger partial charge in [-0.2, -0.15) is 0 Å². The molecular weight excluding hydrogens is 362 g/mol. The van der Waals surface area contributed by atoms with Gasteiger partial charge < -0.3 is 10.6 Å². The third kappa shape index (κ3) is 6.83. The maximum Gasteiger partial charge on any atom is 0.238 e. The normalized spacial score (nSPS) is 11.3. The Kier molecular flexibility index (Phi) is 6.95. The molecule has 0 unspecified atom stereocenters. The van der Waals surface area contributed by atoms with E-state index in [2.05, 4.69) is 10.6 Å². The maximum absolute atomic E-state index is 11.8. The molecule has 8 heteroatoms. The molecule has 0 aliphatic rings. The van der Waals surface area contributed by atoms with Crippen molar-refractivity contribution in [3.8, 4) is 0 Å². The fourth-order valence-corrected chi connectivity index (χ4v) is 2.82. The van der Waals surface area contributed by atoms with Gasteiger partial charge in [0.2, 0.25) is 15.9 Å². The van der Waals surface area contributed by atoms with Gasteiger partial charge >= 0.3 is 0 Å². The van der Waals surface area contributed by atoms with Gasteiger partial charge in [-0.3, -0.25) is 4.79 Å². The molecule has 0 heterocycles. The number of hydrogen-bond donors (Lipinski definition) is 3. The molecule has 0 saturated heterocycles. The Balaban J connectivity index is 1.67. The number of halogens is 1. The Bertz CT molecular complexity index is 806. The summed E-state index contributed by atoms with van der Waals surface area (Å²) in [6.07, 6.45) is 0.605. The van der Waals surface area contributed by atoms with Gasteiger partial charge in [0.15, 0.2) is 0 Å². The Morgan fingerprint density at radius 3 is 2.20 bits per heavy atom. The summed E-state index contributed by atoms with van der Waals surface area (Å²) in [4.78, 5) is 11.8. The molecule has 2 rings (SSSR count). The fraction of sp³-hybridized carbons (Fsp3) is 0.235. The van der Waals surface area contributed by atoms with Crippen LogP contribution >= 0.6 is 11.6 Å². The average Bonchev–Trinajstić information content (AvgIpc) is 2.56. The van der Waals surface area contributed by atoms with Crippen LogP contribution in [0.25, 0.3) is 0 Å². The van der Waals surface area contributed by atoms with E-state index in [1.165, 1.54) is 12.1 Å². The standard InChI is InChI=1S/C17H20ClN3O3S/c18-15-5-1-14(2-6-15)11-20-12-17(22)21-10-9-13-3-7-16(8-4-13)25(19,23)24/h1-8,20H,9-12H2,(H,21,22)(H2,19,23,24). The summed E-state index contributed by atoms with van der Waals surface area (Å²) < 4.78 is 22.3. The first kappa shape index (κ1) is 19.4. The van der Waals surface area contributed by atoms with Crippen LogP contribution in [-0.4, -0.2) is 27.4 Å². The van der Waals surface area contributed by atoms with Crippen molar-refractivity contribution in [2.45, 2.75) is 17.9 Å². The molecule has 0 aliphatic heterocycles. The number of hydrogen-bond acceptors (Lipinski definition) is 4. The Hall–Kier alpha value is -1.93. The van der Waals surface area contributed by atoms with Crippen LogP contribution in [0.5, 0.6) is 0 Å². The summed E-state index contributed by atoms with van der Waals surface area (Å²) in [5.74, 6) is -0.102. The van der Waals surface area contributed by atoms with Crippen molar-refractivity contribution in [2.75, 3.05) is 13.1 Å². The lowest BCUT2D eigenvalue weighted by Gasteiger charge is -2.07. The Labute approximate surface area is 152 Å². The molecule has 0 fully saturated rings. The second kappa shape index (κ2) is 8.96. The molecule has 0 atom stereocenters. The highest BCUT2D eigenvalue weighted by Crippen LogP contribution is 2.09. The van der Waals surface area contributed by atoms with Crippen molar-refractivity contribution in [1.29, 1.82) is 0 Å². The van der Waals surface area contributed by atoms with Gasteiger partial charge in [-0.15, -0.1) is 0 Å². The molecular formula is C17H20ClN3O3S. The molecule has 134 valence electrons. The SMILES string of the molecule is NS(=O)(=O)c1ccc(CCNC(=O)CNCc2ccc(Cl)cc2)cc1. The number of sulfonamides is 1. The summed E-state index contributed by atoms with van der Waals surface area (Å²) in [7, 11) is -3.67. The quantitative estimate of drug-likeness (QED) is 0.643. The first-order valence-electron chi connectivity index (χ1n) is 7.68. The van der Waals surface area contributed by atoms with Crippen LogP contribution in [-0.2, 0) is 27.8 Å². The second-order valence-electron chi connectivity index (χ2n) is 5.52. The number of benzene rings is 2. The number of rotatable bonds is 8. The number of carbonyl (C=O) groups is 1. The lowest BCUT2D eigenvalue weighted by atomic mass is 10.1. The minimum absolute atomic E-state index is 0.0756. The summed E-state index contributed by atoms with van der Waals surface area (Å²) in [6.45, 7) is 1.27. The van der Waals surface area contributed by atoms with Crippen molar-refractivity contribution in [3.05, 3.63) is 64.7 Å². The van der Waals surface area contributed by atoms with Crippen LogP contribution in [0.4, 0.5) is 0 Å². The van der Waals surface area contributed by atoms with Crippen LogP contribution in [0.1, 0.15) is 11.1 Å². The summed E-state index contributed by atoms with van der Waals surface area (Å²) in [6, 6.07) is 13.7. The molecule has 0 aliphatic carbocycles. The maximum atomic E-state index is 11.8. The van der Waals surface area contributed by atoms with Gasteiger partial charge in [0, 0.05) is 18.1 Å². The van der Waals surface area contributed by atoms with E-state index >= 15 is 0 Å². The zero-order valence-corrected chi connectivity index (χ0v) is 15.1. The van der Waals surface area contributed by atoms with Crippen molar-refractivity contribution in [2.24, 2.45) is 5.14 Å². The highest BCUT2D eigenvalue weighted by atomic mass is 35.5. The van der Waals surface area contributed by atoms with E-state index < -0.39 is 10.0 Å². The molecule has 0 bridgehead atoms. The summed E-state index contributed by atoms with van der Waals surface area (Å²) in [5, 5.41) is 11.6. The number of nitrogens with two attached hydrogens (primary N) is 1. The summed E-state index contributed by atoms with van der Waals surface area (Å²) >= 11 is 5.81. The molecule has 0 aromatic heterocycles. The number of amides is 1. The largest absolute Gasteiger partial charge is 0.355 e. The number of primary sulfonamides is 1. The van der Waals surface area contributed by atoms with Gasteiger partial charge in [-0.25, -0.2) is 13.6 Å². The minimum Gasteiger partial charge on any atom is -0.355 e. The zero-order valence-electron chi connectivity index (χ0n) is 13.5. The van der Waals surface area contributed by atoms with Crippen LogP contribution < -0.4 is 15.8 Å². The fourth-order valence-electron chi connectivity index (χ4n) is 2.18. The molecule has 25 heavy (non-hydrogen) atoms. The van der Waals surface area contributed by atoms with E-state index in [1.54, 1.807) is 24.3 Å². The Morgan fingerprint density at radius 2 is 1.60 bits per heavy atom. The highest BCUT2D eigenvalue weighted by Gasteiger charge is 2.07. The van der Waals surface area contributed by atoms with E-state index in [-0.39, 0.29) is 17.3 Å². The van der Waals surface area contributed by atoms with E-state index in [4.69, 9.17) is 16.7 Å². The van der Waals surface area contributed by atoms with Gasteiger partial charge in [0.05, 0.1) is 11.4 Å².